The van der Waals surface area contributed by atoms with Gasteiger partial charge in [0.1, 0.15) is 18.9 Å². The number of amides is 1. The molecular weight excluding hydrogens is 284 g/mol. The summed E-state index contributed by atoms with van der Waals surface area (Å²) in [5.74, 6) is 1.51. The summed E-state index contributed by atoms with van der Waals surface area (Å²) in [6.45, 7) is 4.91. The zero-order valence-corrected chi connectivity index (χ0v) is 12.7. The fourth-order valence-electron chi connectivity index (χ4n) is 3.33. The van der Waals surface area contributed by atoms with Crippen molar-refractivity contribution in [1.82, 2.24) is 9.88 Å². The molecule has 118 valence electrons. The number of carbonyl (C=O) groups is 1. The van der Waals surface area contributed by atoms with E-state index in [1.807, 2.05) is 4.90 Å². The van der Waals surface area contributed by atoms with Crippen LogP contribution in [0.15, 0.2) is 12.1 Å². The molecule has 22 heavy (non-hydrogen) atoms. The van der Waals surface area contributed by atoms with E-state index in [1.54, 1.807) is 12.1 Å². The molecule has 0 aromatic carbocycles. The Kier molecular flexibility index (Phi) is 3.22. The normalized spacial score (nSPS) is 27.6. The van der Waals surface area contributed by atoms with Gasteiger partial charge in [0.05, 0.1) is 18.8 Å². The quantitative estimate of drug-likeness (QED) is 0.828. The van der Waals surface area contributed by atoms with Crippen LogP contribution in [0, 0.1) is 5.92 Å². The molecule has 1 amide bonds. The Labute approximate surface area is 129 Å². The third-order valence-electron chi connectivity index (χ3n) is 4.80. The fourth-order valence-corrected chi connectivity index (χ4v) is 3.33. The summed E-state index contributed by atoms with van der Waals surface area (Å²) in [6, 6.07) is 3.49. The van der Waals surface area contributed by atoms with E-state index in [2.05, 4.69) is 11.9 Å². The van der Waals surface area contributed by atoms with Crippen LogP contribution in [0.25, 0.3) is 0 Å². The highest BCUT2D eigenvalue weighted by atomic mass is 16.6. The van der Waals surface area contributed by atoms with E-state index < -0.39 is 0 Å². The monoisotopic (exact) mass is 304 g/mol. The molecule has 1 saturated carbocycles. The Morgan fingerprint density at radius 3 is 2.91 bits per heavy atom. The maximum Gasteiger partial charge on any atom is 0.273 e. The smallest absolute Gasteiger partial charge is 0.273 e. The fraction of sp³-hybridized carbons (Fsp3) is 0.625. The van der Waals surface area contributed by atoms with Crippen LogP contribution >= 0.6 is 0 Å². The van der Waals surface area contributed by atoms with Gasteiger partial charge in [-0.2, -0.15) is 0 Å². The minimum atomic E-state index is -0.218. The first-order chi connectivity index (χ1) is 10.7. The summed E-state index contributed by atoms with van der Waals surface area (Å²) in [4.78, 5) is 19.2. The average molecular weight is 304 g/mol. The highest BCUT2D eigenvalue weighted by molar-refractivity contribution is 5.93. The Balaban J connectivity index is 1.62. The van der Waals surface area contributed by atoms with Crippen molar-refractivity contribution in [2.24, 2.45) is 5.92 Å². The van der Waals surface area contributed by atoms with Gasteiger partial charge in [0.2, 0.25) is 0 Å². The first kappa shape index (κ1) is 13.8. The van der Waals surface area contributed by atoms with Gasteiger partial charge in [-0.25, -0.2) is 4.98 Å². The SMILES string of the molecule is CC1(C2CC2)COCCN1C(=O)c1ccc2c(n1)OCCO2. The van der Waals surface area contributed by atoms with E-state index in [1.165, 1.54) is 0 Å². The van der Waals surface area contributed by atoms with Crippen LogP contribution in [0.3, 0.4) is 0 Å². The number of morpholine rings is 1. The summed E-state index contributed by atoms with van der Waals surface area (Å²) in [5, 5.41) is 0. The molecule has 2 fully saturated rings. The van der Waals surface area contributed by atoms with Crippen molar-refractivity contribution in [3.05, 3.63) is 17.8 Å². The van der Waals surface area contributed by atoms with Crippen LogP contribution in [0.1, 0.15) is 30.3 Å². The molecule has 6 nitrogen and oxygen atoms in total. The van der Waals surface area contributed by atoms with Gasteiger partial charge in [0.25, 0.3) is 11.8 Å². The molecule has 3 heterocycles. The second-order valence-corrected chi connectivity index (χ2v) is 6.34. The summed E-state index contributed by atoms with van der Waals surface area (Å²) in [6.07, 6.45) is 2.33. The Hall–Kier alpha value is -1.82. The molecule has 3 aliphatic rings. The lowest BCUT2D eigenvalue weighted by atomic mass is 9.92. The van der Waals surface area contributed by atoms with Crippen molar-refractivity contribution in [3.63, 3.8) is 0 Å². The maximum absolute atomic E-state index is 12.9. The molecule has 0 bridgehead atoms. The molecule has 4 rings (SSSR count). The van der Waals surface area contributed by atoms with E-state index in [9.17, 15) is 4.79 Å². The number of ether oxygens (including phenoxy) is 3. The van der Waals surface area contributed by atoms with Crippen LogP contribution in [0.5, 0.6) is 11.6 Å². The van der Waals surface area contributed by atoms with Gasteiger partial charge >= 0.3 is 0 Å². The molecule has 1 atom stereocenters. The molecule has 6 heteroatoms. The number of nitrogens with zero attached hydrogens (tertiary/aromatic N) is 2. The first-order valence-corrected chi connectivity index (χ1v) is 7.85. The van der Waals surface area contributed by atoms with Gasteiger partial charge in [-0.3, -0.25) is 4.79 Å². The highest BCUT2D eigenvalue weighted by Gasteiger charge is 2.49. The summed E-state index contributed by atoms with van der Waals surface area (Å²) >= 11 is 0. The van der Waals surface area contributed by atoms with Gasteiger partial charge in [0.15, 0.2) is 5.75 Å². The lowest BCUT2D eigenvalue weighted by Crippen LogP contribution is -2.58. The van der Waals surface area contributed by atoms with Gasteiger partial charge in [-0.05, 0) is 37.8 Å². The molecule has 0 N–H and O–H groups in total. The predicted octanol–water partition coefficient (Wildman–Crippen LogP) is 1.49. The zero-order chi connectivity index (χ0) is 15.2. The molecule has 0 radical (unpaired) electrons. The molecular formula is C16H20N2O4. The standard InChI is InChI=1S/C16H20N2O4/c1-16(11-2-3-11)10-20-7-6-18(16)15(19)12-4-5-13-14(17-12)22-9-8-21-13/h4-5,11H,2-3,6-10H2,1H3. The van der Waals surface area contributed by atoms with E-state index in [-0.39, 0.29) is 11.4 Å². The minimum Gasteiger partial charge on any atom is -0.484 e. The molecule has 1 aromatic rings. The van der Waals surface area contributed by atoms with Gasteiger partial charge < -0.3 is 19.1 Å². The van der Waals surface area contributed by atoms with E-state index in [0.29, 0.717) is 56.2 Å². The number of fused-ring (bicyclic) bond motifs is 1. The van der Waals surface area contributed by atoms with Crippen LogP contribution in [0.2, 0.25) is 0 Å². The molecule has 1 aliphatic carbocycles. The second-order valence-electron chi connectivity index (χ2n) is 6.34. The molecule has 1 saturated heterocycles. The Morgan fingerprint density at radius 1 is 1.27 bits per heavy atom. The van der Waals surface area contributed by atoms with Crippen molar-refractivity contribution >= 4 is 5.91 Å². The largest absolute Gasteiger partial charge is 0.484 e. The van der Waals surface area contributed by atoms with Crippen molar-refractivity contribution in [2.75, 3.05) is 33.0 Å². The van der Waals surface area contributed by atoms with E-state index in [0.717, 1.165) is 12.8 Å². The van der Waals surface area contributed by atoms with E-state index >= 15 is 0 Å². The van der Waals surface area contributed by atoms with Crippen molar-refractivity contribution in [2.45, 2.75) is 25.3 Å². The van der Waals surface area contributed by atoms with Crippen LogP contribution in [0.4, 0.5) is 0 Å². The highest BCUT2D eigenvalue weighted by Crippen LogP contribution is 2.44. The van der Waals surface area contributed by atoms with Crippen molar-refractivity contribution in [3.8, 4) is 11.6 Å². The number of pyridine rings is 1. The number of aromatic nitrogens is 1. The minimum absolute atomic E-state index is 0.0466. The maximum atomic E-state index is 12.9. The van der Waals surface area contributed by atoms with Crippen LogP contribution in [-0.4, -0.2) is 54.3 Å². The predicted molar refractivity (Wildman–Crippen MR) is 78.2 cm³/mol. The zero-order valence-electron chi connectivity index (χ0n) is 12.7. The Bertz CT molecular complexity index is 602. The van der Waals surface area contributed by atoms with Crippen molar-refractivity contribution in [1.29, 1.82) is 0 Å². The van der Waals surface area contributed by atoms with Gasteiger partial charge in [-0.1, -0.05) is 0 Å². The molecule has 2 aliphatic heterocycles. The number of hydrogen-bond donors (Lipinski definition) is 0. The second kappa shape index (κ2) is 5.12. The third-order valence-corrected chi connectivity index (χ3v) is 4.80. The van der Waals surface area contributed by atoms with Crippen LogP contribution in [-0.2, 0) is 4.74 Å². The van der Waals surface area contributed by atoms with Crippen LogP contribution < -0.4 is 9.47 Å². The lowest BCUT2D eigenvalue weighted by molar-refractivity contribution is -0.0550. The molecule has 0 spiro atoms. The average Bonchev–Trinajstić information content (AvgIpc) is 3.39. The molecule has 1 unspecified atom stereocenters. The first-order valence-electron chi connectivity index (χ1n) is 7.85. The lowest BCUT2D eigenvalue weighted by Gasteiger charge is -2.45. The van der Waals surface area contributed by atoms with Gasteiger partial charge in [0, 0.05) is 6.54 Å². The Morgan fingerprint density at radius 2 is 2.09 bits per heavy atom. The summed E-state index contributed by atoms with van der Waals surface area (Å²) in [5.41, 5.74) is 0.197. The third kappa shape index (κ3) is 2.22. The summed E-state index contributed by atoms with van der Waals surface area (Å²) < 4.78 is 16.6. The number of hydrogen-bond acceptors (Lipinski definition) is 5. The topological polar surface area (TPSA) is 60.9 Å². The molecule has 1 aromatic heterocycles. The van der Waals surface area contributed by atoms with E-state index in [4.69, 9.17) is 14.2 Å². The van der Waals surface area contributed by atoms with Gasteiger partial charge in [-0.15, -0.1) is 0 Å². The number of carbonyl (C=O) groups excluding carboxylic acids is 1. The number of rotatable bonds is 2. The summed E-state index contributed by atoms with van der Waals surface area (Å²) in [7, 11) is 0. The van der Waals surface area contributed by atoms with Crippen molar-refractivity contribution < 1.29 is 19.0 Å².